The van der Waals surface area contributed by atoms with Gasteiger partial charge in [-0.25, -0.2) is 9.79 Å². The molecule has 0 fully saturated rings. The summed E-state index contributed by atoms with van der Waals surface area (Å²) in [6.45, 7) is 3.29. The lowest BCUT2D eigenvalue weighted by Gasteiger charge is -2.09. The van der Waals surface area contributed by atoms with Crippen molar-refractivity contribution in [2.24, 2.45) is 4.99 Å². The van der Waals surface area contributed by atoms with Crippen molar-refractivity contribution < 1.29 is 24.0 Å². The maximum Gasteiger partial charge on any atom is 0.363 e. The summed E-state index contributed by atoms with van der Waals surface area (Å²) in [5.74, 6) is -0.499. The smallest absolute Gasteiger partial charge is 0.363 e. The van der Waals surface area contributed by atoms with Crippen LogP contribution in [0.1, 0.15) is 30.0 Å². The number of esters is 2. The van der Waals surface area contributed by atoms with E-state index in [2.05, 4.69) is 50.2 Å². The molecule has 0 aromatic heterocycles. The number of carbonyl (C=O) groups excluding carboxylic acids is 2. The van der Waals surface area contributed by atoms with Gasteiger partial charge in [0.2, 0.25) is 5.90 Å². The predicted molar refractivity (Wildman–Crippen MR) is 126 cm³/mol. The molecule has 0 unspecified atom stereocenters. The van der Waals surface area contributed by atoms with Gasteiger partial charge in [0, 0.05) is 23.6 Å². The second-order valence-corrected chi connectivity index (χ2v) is 8.51. The molecule has 10 heteroatoms. The Morgan fingerprint density at radius 3 is 2.57 bits per heavy atom. The lowest BCUT2D eigenvalue weighted by Crippen LogP contribution is -2.08. The van der Waals surface area contributed by atoms with Crippen molar-refractivity contribution >= 4 is 74.8 Å². The summed E-state index contributed by atoms with van der Waals surface area (Å²) in [7, 11) is 0. The highest BCUT2D eigenvalue weighted by atomic mass is 127. The van der Waals surface area contributed by atoms with Gasteiger partial charge in [0.15, 0.2) is 11.4 Å². The van der Waals surface area contributed by atoms with Crippen molar-refractivity contribution in [3.05, 3.63) is 70.0 Å². The number of nitro benzene ring substituents is 1. The number of hydrogen-bond donors (Lipinski definition) is 0. The number of aliphatic imine (C=N–C) groups is 1. The van der Waals surface area contributed by atoms with Crippen molar-refractivity contribution in [1.82, 2.24) is 0 Å². The fourth-order valence-electron chi connectivity index (χ4n) is 2.68. The molecule has 8 nitrogen and oxygen atoms in total. The van der Waals surface area contributed by atoms with Gasteiger partial charge in [-0.1, -0.05) is 13.0 Å². The second kappa shape index (κ2) is 9.20. The summed E-state index contributed by atoms with van der Waals surface area (Å²) in [4.78, 5) is 38.8. The van der Waals surface area contributed by atoms with Crippen LogP contribution >= 0.6 is 45.2 Å². The highest BCUT2D eigenvalue weighted by Gasteiger charge is 2.27. The molecule has 1 aliphatic rings. The Hall–Kier alpha value is -2.35. The number of nitrogens with zero attached hydrogens (tertiary/aromatic N) is 2. The first-order valence-corrected chi connectivity index (χ1v) is 10.8. The minimum absolute atomic E-state index is 0.0188. The van der Waals surface area contributed by atoms with Gasteiger partial charge in [0.05, 0.1) is 12.1 Å². The largest absolute Gasteiger partial charge is 0.424 e. The average Bonchev–Trinajstić information content (AvgIpc) is 3.04. The Balaban J connectivity index is 1.96. The normalized spacial score (nSPS) is 14.5. The maximum atomic E-state index is 12.3. The molecule has 0 saturated heterocycles. The highest BCUT2D eigenvalue weighted by molar-refractivity contribution is 14.1. The number of ether oxygens (including phenoxy) is 2. The molecule has 2 aromatic rings. The molecule has 0 radical (unpaired) electrons. The molecular weight excluding hydrogens is 618 g/mol. The summed E-state index contributed by atoms with van der Waals surface area (Å²) >= 11 is 4.11. The van der Waals surface area contributed by atoms with Crippen LogP contribution in [0.5, 0.6) is 5.75 Å². The van der Waals surface area contributed by atoms with E-state index in [0.29, 0.717) is 29.6 Å². The van der Waals surface area contributed by atoms with Crippen molar-refractivity contribution in [3.8, 4) is 5.75 Å². The second-order valence-electron chi connectivity index (χ2n) is 6.18. The van der Waals surface area contributed by atoms with E-state index in [1.54, 1.807) is 38.1 Å². The van der Waals surface area contributed by atoms with Crippen molar-refractivity contribution in [2.75, 3.05) is 0 Å². The number of carbonyl (C=O) groups is 2. The molecule has 0 bridgehead atoms. The molecule has 30 heavy (non-hydrogen) atoms. The Morgan fingerprint density at radius 2 is 1.97 bits per heavy atom. The summed E-state index contributed by atoms with van der Waals surface area (Å²) in [6, 6.07) is 8.02. The highest BCUT2D eigenvalue weighted by Crippen LogP contribution is 2.31. The molecule has 0 aliphatic carbocycles. The molecule has 0 atom stereocenters. The lowest BCUT2D eigenvalue weighted by molar-refractivity contribution is -0.385. The summed E-state index contributed by atoms with van der Waals surface area (Å²) < 4.78 is 12.0. The van der Waals surface area contributed by atoms with E-state index in [9.17, 15) is 19.7 Å². The molecule has 154 valence electrons. The van der Waals surface area contributed by atoms with Crippen LogP contribution in [-0.2, 0) is 14.3 Å². The molecule has 0 saturated carbocycles. The Labute approximate surface area is 198 Å². The first-order valence-electron chi connectivity index (χ1n) is 8.68. The number of hydrogen-bond acceptors (Lipinski definition) is 7. The summed E-state index contributed by atoms with van der Waals surface area (Å²) in [6.07, 6.45) is 1.82. The number of rotatable bonds is 5. The minimum Gasteiger partial charge on any atom is -0.424 e. The standard InChI is InChI=1S/C20H14I2N2O6/c1-3-17(25)29-18-13(21)7-11(8-14(18)22)9-15-20(26)30-19(23-15)12-5-4-6-16(10(12)2)24(27)28/h4-9H,3H2,1-2H3/b15-9-. The number of nitro groups is 1. The van der Waals surface area contributed by atoms with E-state index in [-0.39, 0.29) is 29.7 Å². The fourth-order valence-corrected chi connectivity index (χ4v) is 4.72. The molecule has 3 rings (SSSR count). The van der Waals surface area contributed by atoms with E-state index >= 15 is 0 Å². The zero-order chi connectivity index (χ0) is 22.0. The van der Waals surface area contributed by atoms with Crippen molar-refractivity contribution in [2.45, 2.75) is 20.3 Å². The zero-order valence-corrected chi connectivity index (χ0v) is 20.1. The molecule has 1 heterocycles. The van der Waals surface area contributed by atoms with Gasteiger partial charge in [-0.15, -0.1) is 0 Å². The Kier molecular flexibility index (Phi) is 6.85. The van der Waals surface area contributed by atoms with Gasteiger partial charge in [-0.05, 0) is 81.9 Å². The van der Waals surface area contributed by atoms with Gasteiger partial charge < -0.3 is 9.47 Å². The van der Waals surface area contributed by atoms with E-state index in [1.807, 2.05) is 0 Å². The molecule has 0 amide bonds. The first kappa shape index (κ1) is 22.3. The topological polar surface area (TPSA) is 108 Å². The minimum atomic E-state index is -0.651. The van der Waals surface area contributed by atoms with E-state index in [4.69, 9.17) is 9.47 Å². The fraction of sp³-hybridized carbons (Fsp3) is 0.150. The maximum absolute atomic E-state index is 12.3. The zero-order valence-electron chi connectivity index (χ0n) is 15.8. The van der Waals surface area contributed by atoms with Crippen LogP contribution in [0.3, 0.4) is 0 Å². The Morgan fingerprint density at radius 1 is 1.30 bits per heavy atom. The molecule has 1 aliphatic heterocycles. The third-order valence-electron chi connectivity index (χ3n) is 4.18. The van der Waals surface area contributed by atoms with Gasteiger partial charge in [0.25, 0.3) is 5.69 Å². The number of halogens is 2. The predicted octanol–water partition coefficient (Wildman–Crippen LogP) is 4.77. The molecule has 0 N–H and O–H groups in total. The van der Waals surface area contributed by atoms with Crippen LogP contribution in [0.2, 0.25) is 0 Å². The van der Waals surface area contributed by atoms with Crippen LogP contribution in [0, 0.1) is 24.2 Å². The number of benzene rings is 2. The van der Waals surface area contributed by atoms with Crippen LogP contribution in [0.25, 0.3) is 6.08 Å². The van der Waals surface area contributed by atoms with Crippen LogP contribution in [0.15, 0.2) is 41.0 Å². The summed E-state index contributed by atoms with van der Waals surface area (Å²) in [5.41, 5.74) is 1.41. The third-order valence-corrected chi connectivity index (χ3v) is 5.78. The number of cyclic esters (lactones) is 1. The van der Waals surface area contributed by atoms with Crippen LogP contribution in [0.4, 0.5) is 5.69 Å². The quantitative estimate of drug-likeness (QED) is 0.117. The van der Waals surface area contributed by atoms with E-state index in [0.717, 1.165) is 0 Å². The van der Waals surface area contributed by atoms with Crippen LogP contribution < -0.4 is 4.74 Å². The summed E-state index contributed by atoms with van der Waals surface area (Å²) in [5, 5.41) is 11.1. The van der Waals surface area contributed by atoms with E-state index in [1.165, 1.54) is 12.1 Å². The van der Waals surface area contributed by atoms with Gasteiger partial charge in [-0.3, -0.25) is 14.9 Å². The van der Waals surface area contributed by atoms with Crippen molar-refractivity contribution in [3.63, 3.8) is 0 Å². The SMILES string of the molecule is CCC(=O)Oc1c(I)cc(/C=C2\N=C(c3cccc([N+](=O)[O-])c3C)OC2=O)cc1I. The van der Waals surface area contributed by atoms with Gasteiger partial charge in [-0.2, -0.15) is 0 Å². The van der Waals surface area contributed by atoms with Crippen LogP contribution in [-0.4, -0.2) is 22.8 Å². The lowest BCUT2D eigenvalue weighted by atomic mass is 10.1. The van der Waals surface area contributed by atoms with Gasteiger partial charge in [0.1, 0.15) is 0 Å². The molecular formula is C20H14I2N2O6. The van der Waals surface area contributed by atoms with E-state index < -0.39 is 10.9 Å². The Bertz CT molecular complexity index is 1120. The molecule has 0 spiro atoms. The monoisotopic (exact) mass is 632 g/mol. The first-order chi connectivity index (χ1) is 14.2. The van der Waals surface area contributed by atoms with Gasteiger partial charge >= 0.3 is 11.9 Å². The van der Waals surface area contributed by atoms with Crippen molar-refractivity contribution in [1.29, 1.82) is 0 Å². The average molecular weight is 632 g/mol. The molecule has 2 aromatic carbocycles. The third kappa shape index (κ3) is 4.69.